The van der Waals surface area contributed by atoms with E-state index >= 15 is 0 Å². The molecule has 1 heterocycles. The number of carbonyl (C=O) groups is 2. The molecule has 0 bridgehead atoms. The Bertz CT molecular complexity index is 602. The number of para-hydroxylation sites is 2. The van der Waals surface area contributed by atoms with Crippen molar-refractivity contribution in [2.75, 3.05) is 53.7 Å². The molecule has 0 atom stereocenters. The average Bonchev–Trinajstić information content (AvgIpc) is 2.70. The molecule has 0 radical (unpaired) electrons. The summed E-state index contributed by atoms with van der Waals surface area (Å²) in [6, 6.07) is 7.23. The number of nitrogens with zero attached hydrogens (tertiary/aromatic N) is 1. The molecule has 2 amide bonds. The number of amides is 2. The van der Waals surface area contributed by atoms with Crippen molar-refractivity contribution < 1.29 is 28.5 Å². The Balaban J connectivity index is 1.66. The molecule has 1 saturated heterocycles. The fourth-order valence-electron chi connectivity index (χ4n) is 2.82. The van der Waals surface area contributed by atoms with Crippen LogP contribution in [0.4, 0.5) is 0 Å². The van der Waals surface area contributed by atoms with Crippen molar-refractivity contribution >= 4 is 11.8 Å². The van der Waals surface area contributed by atoms with Crippen LogP contribution in [0.1, 0.15) is 12.8 Å². The summed E-state index contributed by atoms with van der Waals surface area (Å²) >= 11 is 0. The molecule has 0 aromatic heterocycles. The van der Waals surface area contributed by atoms with Crippen LogP contribution in [0.2, 0.25) is 0 Å². The lowest BCUT2D eigenvalue weighted by Crippen LogP contribution is -2.48. The third-order valence-electron chi connectivity index (χ3n) is 4.30. The largest absolute Gasteiger partial charge is 0.493 e. The van der Waals surface area contributed by atoms with Crippen molar-refractivity contribution in [3.63, 3.8) is 0 Å². The number of methoxy groups -OCH3 is 2. The SMILES string of the molecule is COCCOCC(=O)N1CCC(NC(=O)COc2ccccc2OC)CC1. The summed E-state index contributed by atoms with van der Waals surface area (Å²) in [5.41, 5.74) is 0. The average molecular weight is 380 g/mol. The van der Waals surface area contributed by atoms with Crippen molar-refractivity contribution in [2.45, 2.75) is 18.9 Å². The topological polar surface area (TPSA) is 86.3 Å². The third-order valence-corrected chi connectivity index (χ3v) is 4.30. The van der Waals surface area contributed by atoms with Crippen LogP contribution in [0.15, 0.2) is 24.3 Å². The second-order valence-corrected chi connectivity index (χ2v) is 6.21. The molecule has 1 fully saturated rings. The number of benzene rings is 1. The molecule has 2 rings (SSSR count). The Labute approximate surface area is 159 Å². The molecule has 1 aliphatic heterocycles. The number of hydrogen-bond donors (Lipinski definition) is 1. The van der Waals surface area contributed by atoms with E-state index in [2.05, 4.69) is 5.32 Å². The maximum Gasteiger partial charge on any atom is 0.258 e. The summed E-state index contributed by atoms with van der Waals surface area (Å²) in [4.78, 5) is 25.9. The van der Waals surface area contributed by atoms with Gasteiger partial charge in [-0.1, -0.05) is 12.1 Å². The number of likely N-dealkylation sites (tertiary alicyclic amines) is 1. The van der Waals surface area contributed by atoms with Crippen LogP contribution in [0.25, 0.3) is 0 Å². The minimum Gasteiger partial charge on any atom is -0.493 e. The van der Waals surface area contributed by atoms with Gasteiger partial charge in [0.1, 0.15) is 6.61 Å². The number of hydrogen-bond acceptors (Lipinski definition) is 6. The molecule has 1 aromatic rings. The lowest BCUT2D eigenvalue weighted by molar-refractivity contribution is -0.137. The number of nitrogens with one attached hydrogen (secondary N) is 1. The number of carbonyl (C=O) groups excluding carboxylic acids is 2. The molecule has 0 aliphatic carbocycles. The highest BCUT2D eigenvalue weighted by molar-refractivity contribution is 5.78. The highest BCUT2D eigenvalue weighted by Gasteiger charge is 2.24. The summed E-state index contributed by atoms with van der Waals surface area (Å²) in [5.74, 6) is 0.901. The zero-order chi connectivity index (χ0) is 19.5. The van der Waals surface area contributed by atoms with Crippen LogP contribution in [0, 0.1) is 0 Å². The molecule has 150 valence electrons. The first-order valence-corrected chi connectivity index (χ1v) is 9.03. The van der Waals surface area contributed by atoms with Gasteiger partial charge in [0.15, 0.2) is 18.1 Å². The predicted octanol–water partition coefficient (Wildman–Crippen LogP) is 0.844. The van der Waals surface area contributed by atoms with Crippen LogP contribution in [0.5, 0.6) is 11.5 Å². The maximum atomic E-state index is 12.1. The summed E-state index contributed by atoms with van der Waals surface area (Å²) in [6.45, 7) is 2.06. The highest BCUT2D eigenvalue weighted by Crippen LogP contribution is 2.25. The van der Waals surface area contributed by atoms with Gasteiger partial charge < -0.3 is 29.2 Å². The highest BCUT2D eigenvalue weighted by atomic mass is 16.5. The van der Waals surface area contributed by atoms with Crippen LogP contribution < -0.4 is 14.8 Å². The van der Waals surface area contributed by atoms with E-state index in [1.54, 1.807) is 31.3 Å². The molecule has 1 aliphatic rings. The Morgan fingerprint density at radius 3 is 2.44 bits per heavy atom. The zero-order valence-electron chi connectivity index (χ0n) is 15.9. The van der Waals surface area contributed by atoms with Crippen molar-refractivity contribution in [2.24, 2.45) is 0 Å². The Hall–Kier alpha value is -2.32. The Morgan fingerprint density at radius 1 is 1.07 bits per heavy atom. The van der Waals surface area contributed by atoms with Crippen LogP contribution in [-0.4, -0.2) is 76.5 Å². The quantitative estimate of drug-likeness (QED) is 0.606. The smallest absolute Gasteiger partial charge is 0.258 e. The normalized spacial score (nSPS) is 14.7. The van der Waals surface area contributed by atoms with E-state index in [1.165, 1.54) is 0 Å². The van der Waals surface area contributed by atoms with E-state index in [0.717, 1.165) is 0 Å². The number of ether oxygens (including phenoxy) is 4. The molecule has 0 unspecified atom stereocenters. The van der Waals surface area contributed by atoms with E-state index in [0.29, 0.717) is 50.6 Å². The first-order chi connectivity index (χ1) is 13.1. The number of rotatable bonds is 10. The van der Waals surface area contributed by atoms with Crippen molar-refractivity contribution in [1.29, 1.82) is 0 Å². The fraction of sp³-hybridized carbons (Fsp3) is 0.579. The van der Waals surface area contributed by atoms with Gasteiger partial charge in [-0.3, -0.25) is 9.59 Å². The van der Waals surface area contributed by atoms with E-state index in [-0.39, 0.29) is 31.1 Å². The second kappa shape index (κ2) is 11.4. The van der Waals surface area contributed by atoms with Crippen LogP contribution in [-0.2, 0) is 19.1 Å². The summed E-state index contributed by atoms with van der Waals surface area (Å²) in [5, 5.41) is 2.96. The standard InChI is InChI=1S/C19H28N2O6/c1-24-11-12-26-14-19(23)21-9-7-15(8-10-21)20-18(22)13-27-17-6-4-3-5-16(17)25-2/h3-6,15H,7-14H2,1-2H3,(H,20,22). The molecular weight excluding hydrogens is 352 g/mol. The van der Waals surface area contributed by atoms with Gasteiger partial charge in [0.05, 0.1) is 20.3 Å². The monoisotopic (exact) mass is 380 g/mol. The molecule has 1 aromatic carbocycles. The van der Waals surface area contributed by atoms with Gasteiger partial charge in [-0.15, -0.1) is 0 Å². The van der Waals surface area contributed by atoms with Gasteiger partial charge in [0.25, 0.3) is 5.91 Å². The van der Waals surface area contributed by atoms with E-state index < -0.39 is 0 Å². The molecular formula is C19H28N2O6. The molecule has 27 heavy (non-hydrogen) atoms. The van der Waals surface area contributed by atoms with Gasteiger partial charge in [-0.25, -0.2) is 0 Å². The number of piperidine rings is 1. The van der Waals surface area contributed by atoms with Gasteiger partial charge in [-0.2, -0.15) is 0 Å². The second-order valence-electron chi connectivity index (χ2n) is 6.21. The van der Waals surface area contributed by atoms with Crippen molar-refractivity contribution in [3.8, 4) is 11.5 Å². The molecule has 8 nitrogen and oxygen atoms in total. The molecule has 0 spiro atoms. The predicted molar refractivity (Wildman–Crippen MR) is 98.9 cm³/mol. The minimum atomic E-state index is -0.186. The lowest BCUT2D eigenvalue weighted by Gasteiger charge is -2.32. The fourth-order valence-corrected chi connectivity index (χ4v) is 2.82. The van der Waals surface area contributed by atoms with Gasteiger partial charge in [-0.05, 0) is 25.0 Å². The Morgan fingerprint density at radius 2 is 1.78 bits per heavy atom. The van der Waals surface area contributed by atoms with Gasteiger partial charge >= 0.3 is 0 Å². The van der Waals surface area contributed by atoms with E-state index in [1.807, 2.05) is 12.1 Å². The Kier molecular flexibility index (Phi) is 8.86. The van der Waals surface area contributed by atoms with Crippen molar-refractivity contribution in [1.82, 2.24) is 10.2 Å². The first-order valence-electron chi connectivity index (χ1n) is 9.03. The van der Waals surface area contributed by atoms with E-state index in [9.17, 15) is 9.59 Å². The minimum absolute atomic E-state index is 0.0321. The summed E-state index contributed by atoms with van der Waals surface area (Å²) in [7, 11) is 3.14. The maximum absolute atomic E-state index is 12.1. The van der Waals surface area contributed by atoms with Crippen LogP contribution >= 0.6 is 0 Å². The van der Waals surface area contributed by atoms with E-state index in [4.69, 9.17) is 18.9 Å². The van der Waals surface area contributed by atoms with Gasteiger partial charge in [0, 0.05) is 26.2 Å². The summed E-state index contributed by atoms with van der Waals surface area (Å²) < 4.78 is 20.9. The van der Waals surface area contributed by atoms with Crippen LogP contribution in [0.3, 0.4) is 0 Å². The molecule has 0 saturated carbocycles. The summed E-state index contributed by atoms with van der Waals surface area (Å²) in [6.07, 6.45) is 1.43. The van der Waals surface area contributed by atoms with Crippen molar-refractivity contribution in [3.05, 3.63) is 24.3 Å². The molecule has 8 heteroatoms. The third kappa shape index (κ3) is 7.07. The first kappa shape index (κ1) is 21.0. The molecule has 1 N–H and O–H groups in total. The lowest BCUT2D eigenvalue weighted by atomic mass is 10.1. The van der Waals surface area contributed by atoms with Gasteiger partial charge in [0.2, 0.25) is 5.91 Å². The zero-order valence-corrected chi connectivity index (χ0v) is 15.9.